The normalized spacial score (nSPS) is 9.20. The van der Waals surface area contributed by atoms with E-state index in [4.69, 9.17) is 27.9 Å². The van der Waals surface area contributed by atoms with Crippen LogP contribution in [-0.4, -0.2) is 17.7 Å². The molecule has 1 aromatic carbocycles. The molecule has 1 rings (SSSR count). The number of rotatable bonds is 3. The summed E-state index contributed by atoms with van der Waals surface area (Å²) in [6.45, 7) is -0.231. The van der Waals surface area contributed by atoms with Crippen molar-refractivity contribution in [2.24, 2.45) is 4.99 Å². The Hall–Kier alpha value is -0.930. The van der Waals surface area contributed by atoms with Crippen LogP contribution in [0.3, 0.4) is 0 Å². The van der Waals surface area contributed by atoms with Gasteiger partial charge in [0.05, 0.1) is 10.2 Å². The molecule has 0 atom stereocenters. The predicted molar refractivity (Wildman–Crippen MR) is 62.0 cm³/mol. The van der Waals surface area contributed by atoms with Crippen LogP contribution >= 0.6 is 35.4 Å². The molecule has 0 radical (unpaired) electrons. The molecule has 0 bridgehead atoms. The number of ether oxygens (including phenoxy) is 1. The molecule has 0 saturated carbocycles. The standard InChI is InChI=1S/C9H5Cl2NO2S/c10-6-1-2-8(7(11)3-6)14-4-9(13)12-5-15/h1-3H,4H2. The first-order valence-corrected chi connectivity index (χ1v) is 4.98. The summed E-state index contributed by atoms with van der Waals surface area (Å²) in [6, 6.07) is 4.69. The summed E-state index contributed by atoms with van der Waals surface area (Å²) in [5.41, 5.74) is 0. The summed E-state index contributed by atoms with van der Waals surface area (Å²) in [7, 11) is 0. The smallest absolute Gasteiger partial charge is 0.292 e. The lowest BCUT2D eigenvalue weighted by molar-refractivity contribution is -0.119. The Labute approximate surface area is 102 Å². The van der Waals surface area contributed by atoms with Gasteiger partial charge in [0.2, 0.25) is 0 Å². The van der Waals surface area contributed by atoms with Crippen LogP contribution in [0.15, 0.2) is 23.2 Å². The van der Waals surface area contributed by atoms with Crippen LogP contribution in [0.25, 0.3) is 0 Å². The maximum absolute atomic E-state index is 10.9. The summed E-state index contributed by atoms with van der Waals surface area (Å²) in [5.74, 6) is -0.148. The van der Waals surface area contributed by atoms with E-state index in [2.05, 4.69) is 17.2 Å². The van der Waals surface area contributed by atoms with E-state index in [1.807, 2.05) is 5.16 Å². The molecule has 78 valence electrons. The van der Waals surface area contributed by atoms with Crippen LogP contribution in [-0.2, 0) is 4.79 Å². The summed E-state index contributed by atoms with van der Waals surface area (Å²) < 4.78 is 5.09. The number of aliphatic imine (C=N–C) groups is 1. The molecule has 0 fully saturated rings. The number of hydrogen-bond acceptors (Lipinski definition) is 3. The molecule has 15 heavy (non-hydrogen) atoms. The fourth-order valence-corrected chi connectivity index (χ4v) is 1.38. The molecular formula is C9H5Cl2NO2S. The Kier molecular flexibility index (Phi) is 4.72. The second-order valence-corrected chi connectivity index (χ2v) is 3.49. The maximum atomic E-state index is 10.9. The van der Waals surface area contributed by atoms with E-state index in [1.165, 1.54) is 6.07 Å². The number of nitrogens with zero attached hydrogens (tertiary/aromatic N) is 1. The molecule has 6 heteroatoms. The van der Waals surface area contributed by atoms with E-state index in [0.29, 0.717) is 15.8 Å². The van der Waals surface area contributed by atoms with Crippen LogP contribution in [0.5, 0.6) is 5.75 Å². The number of carbonyl (C=O) groups is 1. The monoisotopic (exact) mass is 261 g/mol. The van der Waals surface area contributed by atoms with Crippen LogP contribution in [0.2, 0.25) is 10.0 Å². The quantitative estimate of drug-likeness (QED) is 0.620. The van der Waals surface area contributed by atoms with Gasteiger partial charge in [-0.25, -0.2) is 0 Å². The van der Waals surface area contributed by atoms with Crippen molar-refractivity contribution in [1.29, 1.82) is 0 Å². The molecule has 1 aromatic rings. The van der Waals surface area contributed by atoms with Gasteiger partial charge in [-0.15, -0.1) is 0 Å². The van der Waals surface area contributed by atoms with Crippen molar-refractivity contribution in [1.82, 2.24) is 0 Å². The van der Waals surface area contributed by atoms with Gasteiger partial charge in [0.25, 0.3) is 5.91 Å². The lowest BCUT2D eigenvalue weighted by Crippen LogP contribution is -2.08. The lowest BCUT2D eigenvalue weighted by atomic mass is 10.3. The molecule has 0 aliphatic rings. The van der Waals surface area contributed by atoms with E-state index >= 15 is 0 Å². The number of thiocarbonyl (C=S) groups is 1. The molecule has 0 saturated heterocycles. The van der Waals surface area contributed by atoms with Crippen molar-refractivity contribution >= 4 is 46.5 Å². The van der Waals surface area contributed by atoms with E-state index < -0.39 is 5.91 Å². The summed E-state index contributed by atoms with van der Waals surface area (Å²) in [5, 5.41) is 2.78. The Morgan fingerprint density at radius 2 is 2.27 bits per heavy atom. The van der Waals surface area contributed by atoms with Gasteiger partial charge >= 0.3 is 0 Å². The van der Waals surface area contributed by atoms with Crippen molar-refractivity contribution in [2.75, 3.05) is 6.61 Å². The molecule has 0 spiro atoms. The third-order valence-electron chi connectivity index (χ3n) is 1.42. The van der Waals surface area contributed by atoms with Gasteiger partial charge in [-0.1, -0.05) is 23.2 Å². The Morgan fingerprint density at radius 1 is 1.53 bits per heavy atom. The minimum absolute atomic E-state index is 0.231. The highest BCUT2D eigenvalue weighted by molar-refractivity contribution is 7.78. The summed E-state index contributed by atoms with van der Waals surface area (Å²) in [6.07, 6.45) is 0. The van der Waals surface area contributed by atoms with Crippen molar-refractivity contribution in [2.45, 2.75) is 0 Å². The lowest BCUT2D eigenvalue weighted by Gasteiger charge is -2.05. The second kappa shape index (κ2) is 5.83. The largest absolute Gasteiger partial charge is 0.482 e. The summed E-state index contributed by atoms with van der Waals surface area (Å²) >= 11 is 15.7. The molecule has 0 aromatic heterocycles. The zero-order chi connectivity index (χ0) is 11.3. The van der Waals surface area contributed by atoms with Crippen LogP contribution in [0.4, 0.5) is 0 Å². The average molecular weight is 262 g/mol. The van der Waals surface area contributed by atoms with Crippen molar-refractivity contribution in [3.8, 4) is 5.75 Å². The van der Waals surface area contributed by atoms with Gasteiger partial charge in [-0.2, -0.15) is 4.99 Å². The topological polar surface area (TPSA) is 38.7 Å². The molecule has 0 unspecified atom stereocenters. The van der Waals surface area contributed by atoms with Crippen LogP contribution in [0.1, 0.15) is 0 Å². The number of amides is 1. The minimum Gasteiger partial charge on any atom is -0.482 e. The van der Waals surface area contributed by atoms with Crippen LogP contribution in [0, 0.1) is 0 Å². The SMILES string of the molecule is O=C(COc1ccc(Cl)cc1Cl)N=C=S. The zero-order valence-corrected chi connectivity index (χ0v) is 9.70. The van der Waals surface area contributed by atoms with E-state index in [1.54, 1.807) is 12.1 Å². The Morgan fingerprint density at radius 3 is 2.87 bits per heavy atom. The van der Waals surface area contributed by atoms with Crippen molar-refractivity contribution < 1.29 is 9.53 Å². The van der Waals surface area contributed by atoms with Gasteiger partial charge in [0.15, 0.2) is 6.61 Å². The number of benzene rings is 1. The van der Waals surface area contributed by atoms with Gasteiger partial charge in [0.1, 0.15) is 5.75 Å². The predicted octanol–water partition coefficient (Wildman–Crippen LogP) is 3.00. The van der Waals surface area contributed by atoms with E-state index in [-0.39, 0.29) is 6.61 Å². The van der Waals surface area contributed by atoms with Crippen molar-refractivity contribution in [3.63, 3.8) is 0 Å². The first-order chi connectivity index (χ1) is 7.13. The Balaban J connectivity index is 2.65. The molecule has 0 heterocycles. The first kappa shape index (κ1) is 12.1. The molecule has 0 aliphatic carbocycles. The number of halogens is 2. The minimum atomic E-state index is -0.518. The highest BCUT2D eigenvalue weighted by Crippen LogP contribution is 2.27. The molecule has 0 aliphatic heterocycles. The third kappa shape index (κ3) is 3.98. The van der Waals surface area contributed by atoms with Crippen molar-refractivity contribution in [3.05, 3.63) is 28.2 Å². The average Bonchev–Trinajstić information content (AvgIpc) is 2.17. The number of carbonyl (C=O) groups excluding carboxylic acids is 1. The van der Waals surface area contributed by atoms with E-state index in [9.17, 15) is 4.79 Å². The van der Waals surface area contributed by atoms with Gasteiger partial charge in [0, 0.05) is 5.02 Å². The zero-order valence-electron chi connectivity index (χ0n) is 7.37. The fourth-order valence-electron chi connectivity index (χ4n) is 0.815. The van der Waals surface area contributed by atoms with Gasteiger partial charge in [-0.3, -0.25) is 4.79 Å². The Bertz CT molecular complexity index is 430. The molecule has 3 nitrogen and oxygen atoms in total. The summed E-state index contributed by atoms with van der Waals surface area (Å²) in [4.78, 5) is 14.1. The maximum Gasteiger partial charge on any atom is 0.292 e. The second-order valence-electron chi connectivity index (χ2n) is 2.46. The number of isothiocyanates is 1. The first-order valence-electron chi connectivity index (χ1n) is 3.82. The van der Waals surface area contributed by atoms with E-state index in [0.717, 1.165) is 0 Å². The number of hydrogen-bond donors (Lipinski definition) is 0. The fraction of sp³-hybridized carbons (Fsp3) is 0.111. The van der Waals surface area contributed by atoms with Gasteiger partial charge < -0.3 is 4.74 Å². The highest BCUT2D eigenvalue weighted by Gasteiger charge is 2.04. The molecule has 1 amide bonds. The highest BCUT2D eigenvalue weighted by atomic mass is 35.5. The molecular weight excluding hydrogens is 257 g/mol. The van der Waals surface area contributed by atoms with Crippen LogP contribution < -0.4 is 4.74 Å². The third-order valence-corrected chi connectivity index (χ3v) is 2.04. The van der Waals surface area contributed by atoms with Gasteiger partial charge in [-0.05, 0) is 30.4 Å². The molecule has 0 N–H and O–H groups in total.